The van der Waals surface area contributed by atoms with Crippen LogP contribution in [0.25, 0.3) is 0 Å². The fraction of sp³-hybridized carbons (Fsp3) is 0.538. The summed E-state index contributed by atoms with van der Waals surface area (Å²) < 4.78 is 26.9. The van der Waals surface area contributed by atoms with Crippen LogP contribution in [-0.4, -0.2) is 29.1 Å². The average molecular weight is 241 g/mol. The maximum Gasteiger partial charge on any atom is 0.131 e. The lowest BCUT2D eigenvalue weighted by Crippen LogP contribution is -2.31. The molecule has 1 N–H and O–H groups in total. The molecule has 1 aromatic carbocycles. The average Bonchev–Trinajstić information content (AvgIpc) is 3.09. The number of aliphatic hydroxyl groups is 1. The Bertz CT molecular complexity index is 373. The Morgan fingerprint density at radius 3 is 2.41 bits per heavy atom. The van der Waals surface area contributed by atoms with Crippen LogP contribution >= 0.6 is 0 Å². The van der Waals surface area contributed by atoms with Gasteiger partial charge in [0.2, 0.25) is 0 Å². The molecule has 0 aliphatic heterocycles. The smallest absolute Gasteiger partial charge is 0.131 e. The number of aliphatic hydroxyl groups excluding tert-OH is 1. The van der Waals surface area contributed by atoms with E-state index >= 15 is 0 Å². The second-order valence-corrected chi connectivity index (χ2v) is 4.47. The number of rotatable bonds is 5. The highest BCUT2D eigenvalue weighted by atomic mass is 19.1. The van der Waals surface area contributed by atoms with Gasteiger partial charge in [0.1, 0.15) is 11.6 Å². The first-order valence-corrected chi connectivity index (χ1v) is 5.99. The van der Waals surface area contributed by atoms with Crippen molar-refractivity contribution in [1.82, 2.24) is 4.90 Å². The van der Waals surface area contributed by atoms with E-state index in [2.05, 4.69) is 4.90 Å². The van der Waals surface area contributed by atoms with E-state index in [0.717, 1.165) is 19.4 Å². The van der Waals surface area contributed by atoms with Gasteiger partial charge in [0.15, 0.2) is 0 Å². The summed E-state index contributed by atoms with van der Waals surface area (Å²) in [5, 5.41) is 9.94. The second-order valence-electron chi connectivity index (χ2n) is 4.47. The molecule has 17 heavy (non-hydrogen) atoms. The van der Waals surface area contributed by atoms with Crippen LogP contribution in [-0.2, 0) is 0 Å². The van der Waals surface area contributed by atoms with Crippen LogP contribution in [0.15, 0.2) is 18.2 Å². The number of nitrogens with zero attached hydrogens (tertiary/aromatic N) is 1. The summed E-state index contributed by atoms with van der Waals surface area (Å²) in [7, 11) is 0. The predicted octanol–water partition coefficient (Wildman–Crippen LogP) is 2.48. The maximum atomic E-state index is 13.5. The van der Waals surface area contributed by atoms with Crippen molar-refractivity contribution < 1.29 is 13.9 Å². The zero-order valence-electron chi connectivity index (χ0n) is 9.87. The van der Waals surface area contributed by atoms with E-state index in [-0.39, 0.29) is 5.56 Å². The Kier molecular flexibility index (Phi) is 3.74. The Hall–Kier alpha value is -1.00. The third-order valence-corrected chi connectivity index (χ3v) is 3.21. The summed E-state index contributed by atoms with van der Waals surface area (Å²) in [4.78, 5) is 2.07. The van der Waals surface area contributed by atoms with Gasteiger partial charge in [-0.15, -0.1) is 0 Å². The quantitative estimate of drug-likeness (QED) is 0.856. The molecule has 2 rings (SSSR count). The molecule has 0 amide bonds. The summed E-state index contributed by atoms with van der Waals surface area (Å²) in [6, 6.07) is 4.13. The third-order valence-electron chi connectivity index (χ3n) is 3.21. The maximum absolute atomic E-state index is 13.5. The van der Waals surface area contributed by atoms with Gasteiger partial charge in [-0.25, -0.2) is 8.78 Å². The van der Waals surface area contributed by atoms with Crippen molar-refractivity contribution in [3.05, 3.63) is 35.4 Å². The van der Waals surface area contributed by atoms with Crippen LogP contribution < -0.4 is 0 Å². The molecule has 0 spiro atoms. The minimum absolute atomic E-state index is 0.216. The predicted molar refractivity (Wildman–Crippen MR) is 61.6 cm³/mol. The zero-order valence-corrected chi connectivity index (χ0v) is 9.87. The van der Waals surface area contributed by atoms with Gasteiger partial charge in [-0.1, -0.05) is 13.0 Å². The third kappa shape index (κ3) is 2.82. The summed E-state index contributed by atoms with van der Waals surface area (Å²) in [6.45, 7) is 3.07. The standard InChI is InChI=1S/C13H17F2NO/c1-2-16(9-6-7-9)8-12(17)13-10(14)4-3-5-11(13)15/h3-5,9,12,17H,2,6-8H2,1H3. The number of halogens is 2. The first-order valence-electron chi connectivity index (χ1n) is 5.99. The number of likely N-dealkylation sites (N-methyl/N-ethyl adjacent to an activating group) is 1. The lowest BCUT2D eigenvalue weighted by Gasteiger charge is -2.23. The van der Waals surface area contributed by atoms with Gasteiger partial charge in [-0.05, 0) is 31.5 Å². The molecule has 1 unspecified atom stereocenters. The van der Waals surface area contributed by atoms with Crippen LogP contribution in [0.3, 0.4) is 0 Å². The molecule has 0 aromatic heterocycles. The molecule has 1 saturated carbocycles. The summed E-state index contributed by atoms with van der Waals surface area (Å²) >= 11 is 0. The highest BCUT2D eigenvalue weighted by Crippen LogP contribution is 2.29. The van der Waals surface area contributed by atoms with E-state index in [1.54, 1.807) is 0 Å². The second kappa shape index (κ2) is 5.10. The van der Waals surface area contributed by atoms with Crippen molar-refractivity contribution >= 4 is 0 Å². The minimum atomic E-state index is -1.10. The molecule has 1 atom stereocenters. The van der Waals surface area contributed by atoms with Gasteiger partial charge in [0, 0.05) is 12.6 Å². The minimum Gasteiger partial charge on any atom is -0.387 e. The molecule has 0 bridgehead atoms. The Morgan fingerprint density at radius 2 is 1.94 bits per heavy atom. The largest absolute Gasteiger partial charge is 0.387 e. The fourth-order valence-corrected chi connectivity index (χ4v) is 2.12. The van der Waals surface area contributed by atoms with E-state index in [4.69, 9.17) is 0 Å². The Balaban J connectivity index is 2.10. The summed E-state index contributed by atoms with van der Waals surface area (Å²) in [6.07, 6.45) is 1.12. The first-order chi connectivity index (χ1) is 8.13. The molecule has 1 aliphatic carbocycles. The highest BCUT2D eigenvalue weighted by molar-refractivity contribution is 5.22. The van der Waals surface area contributed by atoms with Crippen LogP contribution in [0, 0.1) is 11.6 Å². The monoisotopic (exact) mass is 241 g/mol. The SMILES string of the molecule is CCN(CC(O)c1c(F)cccc1F)C1CC1. The van der Waals surface area contributed by atoms with E-state index in [9.17, 15) is 13.9 Å². The van der Waals surface area contributed by atoms with Crippen LogP contribution in [0.5, 0.6) is 0 Å². The van der Waals surface area contributed by atoms with Gasteiger partial charge in [-0.2, -0.15) is 0 Å². The van der Waals surface area contributed by atoms with Crippen molar-refractivity contribution in [3.8, 4) is 0 Å². The molecular weight excluding hydrogens is 224 g/mol. The number of benzene rings is 1. The highest BCUT2D eigenvalue weighted by Gasteiger charge is 2.30. The van der Waals surface area contributed by atoms with Crippen molar-refractivity contribution in [2.75, 3.05) is 13.1 Å². The summed E-state index contributed by atoms with van der Waals surface area (Å²) in [5.74, 6) is -1.35. The Labute approximate surface area is 99.9 Å². The molecule has 0 radical (unpaired) electrons. The summed E-state index contributed by atoms with van der Waals surface area (Å²) in [5.41, 5.74) is -0.216. The van der Waals surface area contributed by atoms with Gasteiger partial charge < -0.3 is 5.11 Å². The van der Waals surface area contributed by atoms with E-state index < -0.39 is 17.7 Å². The van der Waals surface area contributed by atoms with E-state index in [1.807, 2.05) is 6.92 Å². The van der Waals surface area contributed by atoms with Crippen molar-refractivity contribution in [2.24, 2.45) is 0 Å². The Morgan fingerprint density at radius 1 is 1.35 bits per heavy atom. The molecule has 1 aromatic rings. The van der Waals surface area contributed by atoms with Crippen molar-refractivity contribution in [1.29, 1.82) is 0 Å². The van der Waals surface area contributed by atoms with Gasteiger partial charge in [0.05, 0.1) is 11.7 Å². The first kappa shape index (κ1) is 12.5. The lowest BCUT2D eigenvalue weighted by molar-refractivity contribution is 0.105. The van der Waals surface area contributed by atoms with Gasteiger partial charge in [0.25, 0.3) is 0 Å². The van der Waals surface area contributed by atoms with Gasteiger partial charge in [-0.3, -0.25) is 4.90 Å². The number of hydrogen-bond acceptors (Lipinski definition) is 2. The molecular formula is C13H17F2NO. The molecule has 0 saturated heterocycles. The topological polar surface area (TPSA) is 23.5 Å². The van der Waals surface area contributed by atoms with Crippen molar-refractivity contribution in [2.45, 2.75) is 31.9 Å². The zero-order chi connectivity index (χ0) is 12.4. The van der Waals surface area contributed by atoms with Crippen LogP contribution in [0.1, 0.15) is 31.4 Å². The van der Waals surface area contributed by atoms with Crippen molar-refractivity contribution in [3.63, 3.8) is 0 Å². The molecule has 1 fully saturated rings. The van der Waals surface area contributed by atoms with Crippen LogP contribution in [0.4, 0.5) is 8.78 Å². The molecule has 4 heteroatoms. The molecule has 0 heterocycles. The van der Waals surface area contributed by atoms with E-state index in [1.165, 1.54) is 18.2 Å². The molecule has 1 aliphatic rings. The van der Waals surface area contributed by atoms with Gasteiger partial charge >= 0.3 is 0 Å². The normalized spacial score (nSPS) is 17.5. The fourth-order valence-electron chi connectivity index (χ4n) is 2.12. The van der Waals surface area contributed by atoms with Crippen LogP contribution in [0.2, 0.25) is 0 Å². The molecule has 94 valence electrons. The molecule has 2 nitrogen and oxygen atoms in total. The number of hydrogen-bond donors (Lipinski definition) is 1. The van der Waals surface area contributed by atoms with E-state index in [0.29, 0.717) is 12.6 Å². The lowest BCUT2D eigenvalue weighted by atomic mass is 10.1.